The summed E-state index contributed by atoms with van der Waals surface area (Å²) < 4.78 is 0.497. The minimum Gasteiger partial charge on any atom is -0.467 e. The summed E-state index contributed by atoms with van der Waals surface area (Å²) in [5.74, 6) is 0.239. The van der Waals surface area contributed by atoms with Gasteiger partial charge in [-0.25, -0.2) is 4.48 Å². The van der Waals surface area contributed by atoms with Crippen LogP contribution in [0.2, 0.25) is 0 Å². The number of halogens is 1. The third-order valence-corrected chi connectivity index (χ3v) is 4.02. The van der Waals surface area contributed by atoms with E-state index in [1.54, 1.807) is 0 Å². The number of rotatable bonds is 4. The molecule has 1 heterocycles. The second-order valence-electron chi connectivity index (χ2n) is 4.81. The third kappa shape index (κ3) is 2.31. The summed E-state index contributed by atoms with van der Waals surface area (Å²) in [7, 11) is 0. The van der Waals surface area contributed by atoms with Crippen molar-refractivity contribution in [1.82, 2.24) is 0 Å². The van der Waals surface area contributed by atoms with Crippen molar-refractivity contribution in [3.05, 3.63) is 60.0 Å². The zero-order chi connectivity index (χ0) is 13.0. The minimum atomic E-state index is 0.236. The highest BCUT2D eigenvalue weighted by molar-refractivity contribution is 6.25. The second-order valence-corrected chi connectivity index (χ2v) is 5.03. The Labute approximate surface area is 113 Å². The molecule has 0 amide bonds. The Hall–Kier alpha value is -1.25. The molecular formula is C15H19ClNO+. The van der Waals surface area contributed by atoms with Crippen molar-refractivity contribution in [3.63, 3.8) is 0 Å². The van der Waals surface area contributed by atoms with Gasteiger partial charge in [0.2, 0.25) is 0 Å². The molecule has 0 spiro atoms. The molecule has 1 aromatic carbocycles. The molecule has 0 saturated carbocycles. The van der Waals surface area contributed by atoms with Gasteiger partial charge >= 0.3 is 5.88 Å². The van der Waals surface area contributed by atoms with Gasteiger partial charge in [-0.05, 0) is 6.08 Å². The van der Waals surface area contributed by atoms with Gasteiger partial charge in [0.25, 0.3) is 0 Å². The van der Waals surface area contributed by atoms with E-state index in [2.05, 4.69) is 18.7 Å². The molecule has 0 bridgehead atoms. The molecule has 2 atom stereocenters. The van der Waals surface area contributed by atoms with Crippen LogP contribution in [0.3, 0.4) is 0 Å². The second kappa shape index (κ2) is 5.59. The standard InChI is InChI=1S/C15H18ClNO/c1-2-14-9-6-10-17(14,15(18)11-16)12-13-7-4-3-5-8-13/h2-5,7-8,11,14H,1,6,9-10,12H2/p+1/b15-11-/t14-,17?/m1/s1. The van der Waals surface area contributed by atoms with Gasteiger partial charge in [0.15, 0.2) is 0 Å². The van der Waals surface area contributed by atoms with Crippen LogP contribution < -0.4 is 0 Å². The zero-order valence-electron chi connectivity index (χ0n) is 10.4. The molecule has 1 aliphatic heterocycles. The number of aliphatic hydroxyl groups is 1. The number of benzene rings is 1. The van der Waals surface area contributed by atoms with Gasteiger partial charge in [0, 0.05) is 18.4 Å². The largest absolute Gasteiger partial charge is 0.467 e. The maximum Gasteiger partial charge on any atom is 0.301 e. The predicted octanol–water partition coefficient (Wildman–Crippen LogP) is 3.95. The fraction of sp³-hybridized carbons (Fsp3) is 0.333. The maximum absolute atomic E-state index is 10.2. The number of hydrogen-bond donors (Lipinski definition) is 1. The van der Waals surface area contributed by atoms with Crippen LogP contribution in [-0.2, 0) is 6.54 Å². The van der Waals surface area contributed by atoms with Gasteiger partial charge in [0.1, 0.15) is 18.1 Å². The Morgan fingerprint density at radius 1 is 1.44 bits per heavy atom. The lowest BCUT2D eigenvalue weighted by atomic mass is 10.1. The first-order valence-corrected chi connectivity index (χ1v) is 6.70. The van der Waals surface area contributed by atoms with Crippen LogP contribution in [0.4, 0.5) is 0 Å². The Morgan fingerprint density at radius 3 is 2.78 bits per heavy atom. The van der Waals surface area contributed by atoms with Gasteiger partial charge in [-0.3, -0.25) is 0 Å². The number of quaternary nitrogens is 1. The smallest absolute Gasteiger partial charge is 0.301 e. The van der Waals surface area contributed by atoms with Crippen molar-refractivity contribution in [2.45, 2.75) is 25.4 Å². The van der Waals surface area contributed by atoms with E-state index in [4.69, 9.17) is 11.6 Å². The lowest BCUT2D eigenvalue weighted by Gasteiger charge is -2.36. The van der Waals surface area contributed by atoms with Crippen molar-refractivity contribution in [3.8, 4) is 0 Å². The average Bonchev–Trinajstić information content (AvgIpc) is 2.83. The Bertz CT molecular complexity index is 443. The molecule has 0 aromatic heterocycles. The van der Waals surface area contributed by atoms with E-state index in [1.165, 1.54) is 11.1 Å². The van der Waals surface area contributed by atoms with E-state index in [1.807, 2.05) is 24.3 Å². The molecule has 2 rings (SSSR count). The lowest BCUT2D eigenvalue weighted by molar-refractivity contribution is -0.923. The summed E-state index contributed by atoms with van der Waals surface area (Å²) in [6, 6.07) is 10.4. The molecule has 2 nitrogen and oxygen atoms in total. The van der Waals surface area contributed by atoms with Crippen LogP contribution >= 0.6 is 11.6 Å². The summed E-state index contributed by atoms with van der Waals surface area (Å²) in [6.45, 7) is 5.56. The Balaban J connectivity index is 2.34. The summed E-state index contributed by atoms with van der Waals surface area (Å²) in [6.07, 6.45) is 4.07. The molecule has 0 aliphatic carbocycles. The first-order chi connectivity index (χ1) is 8.73. The fourth-order valence-corrected chi connectivity index (χ4v) is 3.08. The summed E-state index contributed by atoms with van der Waals surface area (Å²) in [5, 5.41) is 10.2. The van der Waals surface area contributed by atoms with Crippen molar-refractivity contribution in [2.24, 2.45) is 0 Å². The highest BCUT2D eigenvalue weighted by Crippen LogP contribution is 2.35. The summed E-state index contributed by atoms with van der Waals surface area (Å²) in [4.78, 5) is 0. The highest BCUT2D eigenvalue weighted by atomic mass is 35.5. The van der Waals surface area contributed by atoms with E-state index in [0.29, 0.717) is 4.48 Å². The lowest BCUT2D eigenvalue weighted by Crippen LogP contribution is -2.49. The molecule has 1 aromatic rings. The average molecular weight is 265 g/mol. The monoisotopic (exact) mass is 264 g/mol. The van der Waals surface area contributed by atoms with Crippen LogP contribution in [0.5, 0.6) is 0 Å². The molecule has 1 N–H and O–H groups in total. The van der Waals surface area contributed by atoms with E-state index in [0.717, 1.165) is 25.9 Å². The minimum absolute atomic E-state index is 0.236. The van der Waals surface area contributed by atoms with Crippen LogP contribution in [-0.4, -0.2) is 22.2 Å². The number of likely N-dealkylation sites (tertiary alicyclic amines) is 1. The molecule has 1 aliphatic rings. The van der Waals surface area contributed by atoms with Gasteiger partial charge in [-0.15, -0.1) is 0 Å². The first kappa shape index (κ1) is 13.2. The molecule has 18 heavy (non-hydrogen) atoms. The molecule has 3 heteroatoms. The normalized spacial score (nSPS) is 28.3. The van der Waals surface area contributed by atoms with Gasteiger partial charge in [-0.1, -0.05) is 48.5 Å². The first-order valence-electron chi connectivity index (χ1n) is 6.26. The van der Waals surface area contributed by atoms with Gasteiger partial charge < -0.3 is 5.11 Å². The van der Waals surface area contributed by atoms with Crippen molar-refractivity contribution in [2.75, 3.05) is 6.54 Å². The van der Waals surface area contributed by atoms with Crippen LogP contribution in [0.15, 0.2) is 54.4 Å². The maximum atomic E-state index is 10.2. The van der Waals surface area contributed by atoms with Crippen molar-refractivity contribution in [1.29, 1.82) is 0 Å². The van der Waals surface area contributed by atoms with Crippen LogP contribution in [0, 0.1) is 0 Å². The molecule has 0 radical (unpaired) electrons. The predicted molar refractivity (Wildman–Crippen MR) is 75.1 cm³/mol. The highest BCUT2D eigenvalue weighted by Gasteiger charge is 2.44. The van der Waals surface area contributed by atoms with E-state index >= 15 is 0 Å². The van der Waals surface area contributed by atoms with E-state index in [-0.39, 0.29) is 11.9 Å². The molecule has 96 valence electrons. The summed E-state index contributed by atoms with van der Waals surface area (Å²) >= 11 is 5.75. The number of aliphatic hydroxyl groups excluding tert-OH is 1. The molecule has 1 fully saturated rings. The van der Waals surface area contributed by atoms with Crippen molar-refractivity contribution >= 4 is 11.6 Å². The third-order valence-electron chi connectivity index (χ3n) is 3.83. The van der Waals surface area contributed by atoms with E-state index in [9.17, 15) is 5.11 Å². The van der Waals surface area contributed by atoms with Crippen LogP contribution in [0.25, 0.3) is 0 Å². The van der Waals surface area contributed by atoms with Crippen LogP contribution in [0.1, 0.15) is 18.4 Å². The Morgan fingerprint density at radius 2 is 2.17 bits per heavy atom. The molecular weight excluding hydrogens is 246 g/mol. The SMILES string of the molecule is C=C[C@@H]1CCC[N+]1(Cc1ccccc1)/C(O)=C/Cl. The summed E-state index contributed by atoms with van der Waals surface area (Å²) in [5.41, 5.74) is 2.50. The number of hydrogen-bond acceptors (Lipinski definition) is 1. The number of nitrogens with zero attached hydrogens (tertiary/aromatic N) is 1. The Kier molecular flexibility index (Phi) is 4.10. The van der Waals surface area contributed by atoms with Gasteiger partial charge in [0.05, 0.1) is 6.54 Å². The van der Waals surface area contributed by atoms with E-state index < -0.39 is 0 Å². The zero-order valence-corrected chi connectivity index (χ0v) is 11.2. The topological polar surface area (TPSA) is 20.2 Å². The fourth-order valence-electron chi connectivity index (χ4n) is 2.88. The molecule has 1 saturated heterocycles. The quantitative estimate of drug-likeness (QED) is 0.496. The molecule has 1 unspecified atom stereocenters. The van der Waals surface area contributed by atoms with Crippen molar-refractivity contribution < 1.29 is 9.59 Å². The van der Waals surface area contributed by atoms with Gasteiger partial charge in [-0.2, -0.15) is 0 Å².